The van der Waals surface area contributed by atoms with Gasteiger partial charge in [0.2, 0.25) is 0 Å². The minimum Gasteiger partial charge on any atom is -0.343 e. The number of halogens is 2. The number of allylic oxidation sites excluding steroid dienone is 1. The van der Waals surface area contributed by atoms with Crippen LogP contribution in [-0.4, -0.2) is 9.78 Å². The molecule has 0 bridgehead atoms. The Morgan fingerprint density at radius 1 is 1.67 bits per heavy atom. The van der Waals surface area contributed by atoms with E-state index in [-0.39, 0.29) is 5.02 Å². The summed E-state index contributed by atoms with van der Waals surface area (Å²) in [4.78, 5) is 0. The first-order valence-corrected chi connectivity index (χ1v) is 3.93. The first-order valence-electron chi connectivity index (χ1n) is 3.55. The standard InChI is InChI=1S/C7H7ClFN3/c1-4-2-3-12-7(10-4)5(8)6(9)11-12/h10H,1-3H2. The maximum absolute atomic E-state index is 12.8. The maximum atomic E-state index is 12.8. The van der Waals surface area contributed by atoms with Crippen molar-refractivity contribution >= 4 is 17.4 Å². The van der Waals surface area contributed by atoms with Crippen molar-refractivity contribution in [2.45, 2.75) is 13.0 Å². The number of rotatable bonds is 0. The van der Waals surface area contributed by atoms with Gasteiger partial charge in [0, 0.05) is 18.7 Å². The molecule has 0 saturated carbocycles. The van der Waals surface area contributed by atoms with E-state index >= 15 is 0 Å². The minimum atomic E-state index is -0.631. The highest BCUT2D eigenvalue weighted by Gasteiger charge is 2.19. The Morgan fingerprint density at radius 2 is 2.42 bits per heavy atom. The first-order chi connectivity index (χ1) is 5.68. The zero-order valence-electron chi connectivity index (χ0n) is 6.27. The Bertz CT molecular complexity index is 345. The van der Waals surface area contributed by atoms with E-state index in [9.17, 15) is 4.39 Å². The second-order valence-electron chi connectivity index (χ2n) is 2.66. The van der Waals surface area contributed by atoms with Crippen LogP contribution >= 0.6 is 11.6 Å². The van der Waals surface area contributed by atoms with Gasteiger partial charge >= 0.3 is 0 Å². The van der Waals surface area contributed by atoms with Gasteiger partial charge in [-0.05, 0) is 0 Å². The van der Waals surface area contributed by atoms with Crippen molar-refractivity contribution in [2.24, 2.45) is 0 Å². The summed E-state index contributed by atoms with van der Waals surface area (Å²) in [5.74, 6) is -0.126. The summed E-state index contributed by atoms with van der Waals surface area (Å²) >= 11 is 5.63. The van der Waals surface area contributed by atoms with E-state index in [0.29, 0.717) is 12.4 Å². The van der Waals surface area contributed by atoms with Crippen molar-refractivity contribution in [1.82, 2.24) is 9.78 Å². The topological polar surface area (TPSA) is 29.9 Å². The number of hydrogen-bond donors (Lipinski definition) is 1. The van der Waals surface area contributed by atoms with Crippen molar-refractivity contribution in [3.05, 3.63) is 23.2 Å². The van der Waals surface area contributed by atoms with Gasteiger partial charge in [-0.25, -0.2) is 4.68 Å². The molecule has 0 amide bonds. The number of anilines is 1. The molecule has 12 heavy (non-hydrogen) atoms. The monoisotopic (exact) mass is 187 g/mol. The van der Waals surface area contributed by atoms with Gasteiger partial charge < -0.3 is 5.32 Å². The Kier molecular flexibility index (Phi) is 1.58. The van der Waals surface area contributed by atoms with E-state index < -0.39 is 5.95 Å². The maximum Gasteiger partial charge on any atom is 0.253 e. The van der Waals surface area contributed by atoms with Crippen molar-refractivity contribution in [2.75, 3.05) is 5.32 Å². The molecule has 2 heterocycles. The van der Waals surface area contributed by atoms with Gasteiger partial charge in [0.05, 0.1) is 0 Å². The van der Waals surface area contributed by atoms with Crippen molar-refractivity contribution < 1.29 is 4.39 Å². The average molecular weight is 188 g/mol. The highest BCUT2D eigenvalue weighted by atomic mass is 35.5. The largest absolute Gasteiger partial charge is 0.343 e. The molecule has 0 atom stereocenters. The van der Waals surface area contributed by atoms with E-state index in [1.165, 1.54) is 4.68 Å². The normalized spacial score (nSPS) is 15.7. The molecule has 64 valence electrons. The summed E-state index contributed by atoms with van der Waals surface area (Å²) in [7, 11) is 0. The Hall–Kier alpha value is -1.03. The van der Waals surface area contributed by atoms with Gasteiger partial charge in [-0.3, -0.25) is 0 Å². The molecule has 1 N–H and O–H groups in total. The van der Waals surface area contributed by atoms with Crippen LogP contribution in [0.25, 0.3) is 0 Å². The fourth-order valence-corrected chi connectivity index (χ4v) is 1.35. The summed E-state index contributed by atoms with van der Waals surface area (Å²) in [6.07, 6.45) is 0.754. The molecule has 2 rings (SSSR count). The molecule has 0 spiro atoms. The van der Waals surface area contributed by atoms with Crippen LogP contribution < -0.4 is 5.32 Å². The molecule has 1 aliphatic rings. The summed E-state index contributed by atoms with van der Waals surface area (Å²) in [6.45, 7) is 4.36. The van der Waals surface area contributed by atoms with Crippen LogP contribution in [-0.2, 0) is 6.54 Å². The third kappa shape index (κ3) is 0.992. The van der Waals surface area contributed by atoms with E-state index in [0.717, 1.165) is 12.1 Å². The van der Waals surface area contributed by atoms with Gasteiger partial charge in [-0.2, -0.15) is 4.39 Å². The van der Waals surface area contributed by atoms with Crippen LogP contribution in [0, 0.1) is 5.95 Å². The fourth-order valence-electron chi connectivity index (χ4n) is 1.16. The molecule has 1 aromatic heterocycles. The lowest BCUT2D eigenvalue weighted by Gasteiger charge is -2.17. The molecule has 3 nitrogen and oxygen atoms in total. The van der Waals surface area contributed by atoms with E-state index in [1.807, 2.05) is 0 Å². The highest BCUT2D eigenvalue weighted by molar-refractivity contribution is 6.33. The van der Waals surface area contributed by atoms with Crippen LogP contribution in [0.1, 0.15) is 6.42 Å². The average Bonchev–Trinajstić information content (AvgIpc) is 2.31. The van der Waals surface area contributed by atoms with Crippen molar-refractivity contribution in [3.63, 3.8) is 0 Å². The van der Waals surface area contributed by atoms with Gasteiger partial charge in [-0.15, -0.1) is 5.10 Å². The van der Waals surface area contributed by atoms with Crippen molar-refractivity contribution in [3.8, 4) is 0 Å². The summed E-state index contributed by atoms with van der Waals surface area (Å²) in [5.41, 5.74) is 0.837. The second-order valence-corrected chi connectivity index (χ2v) is 3.03. The van der Waals surface area contributed by atoms with Gasteiger partial charge in [0.1, 0.15) is 5.02 Å². The number of nitrogens with zero attached hydrogens (tertiary/aromatic N) is 2. The molecular formula is C7H7ClFN3. The molecular weight excluding hydrogens is 181 g/mol. The van der Waals surface area contributed by atoms with Crippen molar-refractivity contribution in [1.29, 1.82) is 0 Å². The summed E-state index contributed by atoms with van der Waals surface area (Å²) in [5, 5.41) is 6.52. The van der Waals surface area contributed by atoms with E-state index in [1.54, 1.807) is 0 Å². The molecule has 1 aliphatic heterocycles. The summed E-state index contributed by atoms with van der Waals surface area (Å²) in [6, 6.07) is 0. The van der Waals surface area contributed by atoms with E-state index in [2.05, 4.69) is 17.0 Å². The lowest BCUT2D eigenvalue weighted by molar-refractivity contribution is 0.517. The van der Waals surface area contributed by atoms with Gasteiger partial charge in [0.25, 0.3) is 5.95 Å². The molecule has 0 radical (unpaired) electrons. The Labute approximate surface area is 73.8 Å². The third-order valence-electron chi connectivity index (χ3n) is 1.78. The minimum absolute atomic E-state index is 0.0378. The van der Waals surface area contributed by atoms with Gasteiger partial charge in [-0.1, -0.05) is 18.2 Å². The highest BCUT2D eigenvalue weighted by Crippen LogP contribution is 2.29. The van der Waals surface area contributed by atoms with Crippen LogP contribution in [0.5, 0.6) is 0 Å². The molecule has 0 fully saturated rings. The van der Waals surface area contributed by atoms with Crippen LogP contribution in [0.4, 0.5) is 10.2 Å². The fraction of sp³-hybridized carbons (Fsp3) is 0.286. The second kappa shape index (κ2) is 2.48. The van der Waals surface area contributed by atoms with Crippen LogP contribution in [0.3, 0.4) is 0 Å². The van der Waals surface area contributed by atoms with Gasteiger partial charge in [0.15, 0.2) is 5.82 Å². The molecule has 1 aromatic rings. The number of nitrogens with one attached hydrogen (secondary N) is 1. The summed E-state index contributed by atoms with van der Waals surface area (Å²) < 4.78 is 14.3. The number of aryl methyl sites for hydroxylation is 1. The van der Waals surface area contributed by atoms with Crippen LogP contribution in [0.2, 0.25) is 5.02 Å². The SMILES string of the molecule is C=C1CCn2nc(F)c(Cl)c2N1. The number of aromatic nitrogens is 2. The lowest BCUT2D eigenvalue weighted by atomic mass is 10.3. The zero-order valence-corrected chi connectivity index (χ0v) is 7.03. The Balaban J connectivity index is 2.50. The zero-order chi connectivity index (χ0) is 8.72. The smallest absolute Gasteiger partial charge is 0.253 e. The predicted octanol–water partition coefficient (Wildman–Crippen LogP) is 2.00. The molecule has 5 heteroatoms. The number of fused-ring (bicyclic) bond motifs is 1. The molecule has 0 unspecified atom stereocenters. The Morgan fingerprint density at radius 3 is 3.17 bits per heavy atom. The molecule has 0 aliphatic carbocycles. The molecule has 0 saturated heterocycles. The quantitative estimate of drug-likeness (QED) is 0.674. The lowest BCUT2D eigenvalue weighted by Crippen LogP contribution is -2.15. The van der Waals surface area contributed by atoms with Crippen LogP contribution in [0.15, 0.2) is 12.3 Å². The third-order valence-corrected chi connectivity index (χ3v) is 2.11. The predicted molar refractivity (Wildman–Crippen MR) is 44.6 cm³/mol. The first kappa shape index (κ1) is 7.61. The molecule has 0 aromatic carbocycles. The van der Waals surface area contributed by atoms with E-state index in [4.69, 9.17) is 11.6 Å². The number of hydrogen-bond acceptors (Lipinski definition) is 2.